The van der Waals surface area contributed by atoms with Crippen LogP contribution < -0.4 is 0 Å². The van der Waals surface area contributed by atoms with E-state index in [0.29, 0.717) is 0 Å². The maximum atomic E-state index is 12.7. The summed E-state index contributed by atoms with van der Waals surface area (Å²) in [6.45, 7) is 0. The van der Waals surface area contributed by atoms with Crippen LogP contribution in [0.2, 0.25) is 0 Å². The van der Waals surface area contributed by atoms with E-state index in [1.165, 1.54) is 4.94 Å². The van der Waals surface area contributed by atoms with E-state index < -0.39 is 30.7 Å². The van der Waals surface area contributed by atoms with Crippen molar-refractivity contribution in [3.05, 3.63) is 0 Å². The molecule has 18 heavy (non-hydrogen) atoms. The van der Waals surface area contributed by atoms with Gasteiger partial charge in [0, 0.05) is 0 Å². The van der Waals surface area contributed by atoms with Crippen LogP contribution in [0.1, 0.15) is 0 Å². The predicted octanol–water partition coefficient (Wildman–Crippen LogP) is 3.58. The van der Waals surface area contributed by atoms with Crippen molar-refractivity contribution in [2.24, 2.45) is 0 Å². The van der Waals surface area contributed by atoms with Crippen LogP contribution in [0.3, 0.4) is 0 Å². The lowest BCUT2D eigenvalue weighted by atomic mass is 10.2. The van der Waals surface area contributed by atoms with Crippen LogP contribution in [0.4, 0.5) is 48.4 Å². The van der Waals surface area contributed by atoms with E-state index in [4.69, 9.17) is 0 Å². The highest BCUT2D eigenvalue weighted by molar-refractivity contribution is 4.87. The van der Waals surface area contributed by atoms with Gasteiger partial charge < -0.3 is 0 Å². The van der Waals surface area contributed by atoms with Gasteiger partial charge in [0.05, 0.1) is 0 Å². The van der Waals surface area contributed by atoms with Gasteiger partial charge in [-0.3, -0.25) is 4.74 Å². The molecule has 1 unspecified atom stereocenters. The molecule has 0 saturated heterocycles. The van der Waals surface area contributed by atoms with Gasteiger partial charge in [-0.15, -0.1) is 4.94 Å². The Morgan fingerprint density at radius 3 is 1.39 bits per heavy atom. The third-order valence-electron chi connectivity index (χ3n) is 1.37. The summed E-state index contributed by atoms with van der Waals surface area (Å²) in [4.78, 5) is 1.22. The van der Waals surface area contributed by atoms with Gasteiger partial charge in [-0.2, -0.15) is 35.1 Å². The summed E-state index contributed by atoms with van der Waals surface area (Å²) in [7, 11) is 0. The summed E-state index contributed by atoms with van der Waals surface area (Å²) < 4.78 is 132. The van der Waals surface area contributed by atoms with Crippen molar-refractivity contribution in [3.63, 3.8) is 0 Å². The molecule has 0 aromatic carbocycles. The van der Waals surface area contributed by atoms with Gasteiger partial charge in [0.2, 0.25) is 0 Å². The first-order valence-electron chi connectivity index (χ1n) is 3.50. The highest BCUT2D eigenvalue weighted by Gasteiger charge is 2.79. The zero-order chi connectivity index (χ0) is 15.0. The molecule has 0 rings (SSSR count). The fourth-order valence-corrected chi connectivity index (χ4v) is 0.564. The maximum Gasteiger partial charge on any atom is 0.458 e. The number of alkyl halides is 10. The molecule has 0 amide bonds. The first-order chi connectivity index (χ1) is 7.71. The third kappa shape index (κ3) is 2.93. The number of ether oxygens (including phenoxy) is 1. The molecule has 0 aliphatic heterocycles. The van der Waals surface area contributed by atoms with Gasteiger partial charge in [-0.1, -0.05) is 0 Å². The molecule has 0 saturated carbocycles. The second kappa shape index (κ2) is 4.68. The van der Waals surface area contributed by atoms with Crippen molar-refractivity contribution in [1.82, 2.24) is 0 Å². The van der Waals surface area contributed by atoms with Crippen molar-refractivity contribution in [2.45, 2.75) is 30.7 Å². The van der Waals surface area contributed by atoms with Gasteiger partial charge in [-0.25, -0.2) is 8.78 Å². The normalized spacial score (nSPS) is 18.0. The number of rotatable bonds is 5. The highest BCUT2D eigenvalue weighted by atomic mass is 19.4. The highest BCUT2D eigenvalue weighted by Crippen LogP contribution is 2.50. The van der Waals surface area contributed by atoms with E-state index in [0.717, 1.165) is 0 Å². The Hall–Kier alpha value is -0.850. The molecule has 0 radical (unpaired) electrons. The van der Waals surface area contributed by atoms with Gasteiger partial charge in [0.25, 0.3) is 0 Å². The molecule has 0 spiro atoms. The predicted molar refractivity (Wildman–Crippen MR) is 29.1 cm³/mol. The van der Waals surface area contributed by atoms with Crippen molar-refractivity contribution in [2.75, 3.05) is 0 Å². The van der Waals surface area contributed by atoms with E-state index in [2.05, 4.69) is 0 Å². The Bertz CT molecular complexity index is 286. The van der Waals surface area contributed by atoms with Crippen LogP contribution in [0.15, 0.2) is 0 Å². The molecule has 0 aromatic heterocycles. The van der Waals surface area contributed by atoms with Crippen LogP contribution in [-0.4, -0.2) is 30.7 Å². The Labute approximate surface area is 90.1 Å². The summed E-state index contributed by atoms with van der Waals surface area (Å²) in [5, 5.41) is 0. The molecule has 0 heterocycles. The lowest BCUT2D eigenvalue weighted by Crippen LogP contribution is -2.61. The zero-order valence-corrected chi connectivity index (χ0v) is 7.55. The first kappa shape index (κ1) is 17.2. The molecule has 0 N–H and O–H groups in total. The topological polar surface area (TPSA) is 18.5 Å². The minimum Gasteiger partial charge on any atom is -0.263 e. The van der Waals surface area contributed by atoms with Crippen molar-refractivity contribution >= 4 is 0 Å². The standard InChI is InChI=1S/C5HF11O2/c6-1(7)2(8,9)17-3(10,4(11,12)13)5(14,15)18-16/h1H. The van der Waals surface area contributed by atoms with Crippen LogP contribution in [0, 0.1) is 0 Å². The van der Waals surface area contributed by atoms with Crippen molar-refractivity contribution in [1.29, 1.82) is 0 Å². The maximum absolute atomic E-state index is 12.7. The molecule has 110 valence electrons. The third-order valence-corrected chi connectivity index (χ3v) is 1.37. The average Bonchev–Trinajstić information content (AvgIpc) is 2.14. The summed E-state index contributed by atoms with van der Waals surface area (Å²) in [6.07, 6.45) is -24.9. The van der Waals surface area contributed by atoms with E-state index in [1.807, 2.05) is 0 Å². The Morgan fingerprint density at radius 1 is 0.778 bits per heavy atom. The fourth-order valence-electron chi connectivity index (χ4n) is 0.564. The number of hydrogen-bond donors (Lipinski definition) is 0. The summed E-state index contributed by atoms with van der Waals surface area (Å²) >= 11 is 0. The van der Waals surface area contributed by atoms with E-state index in [1.54, 1.807) is 4.74 Å². The SMILES string of the molecule is FOC(F)(F)C(F)(OC(F)(F)C(F)F)C(F)(F)F. The largest absolute Gasteiger partial charge is 0.458 e. The number of halogens is 11. The van der Waals surface area contributed by atoms with E-state index in [9.17, 15) is 48.4 Å². The summed E-state index contributed by atoms with van der Waals surface area (Å²) in [5.74, 6) is -6.81. The monoisotopic (exact) mass is 302 g/mol. The smallest absolute Gasteiger partial charge is 0.263 e. The average molecular weight is 302 g/mol. The molecule has 0 aromatic rings. The number of hydrogen-bond acceptors (Lipinski definition) is 2. The second-order valence-electron chi connectivity index (χ2n) is 2.65. The molecule has 0 aliphatic carbocycles. The van der Waals surface area contributed by atoms with Crippen LogP contribution in [-0.2, 0) is 9.68 Å². The molecule has 13 heteroatoms. The van der Waals surface area contributed by atoms with Crippen LogP contribution in [0.5, 0.6) is 0 Å². The molecule has 1 atom stereocenters. The minimum atomic E-state index is -6.99. The Balaban J connectivity index is 5.55. The first-order valence-corrected chi connectivity index (χ1v) is 3.50. The van der Waals surface area contributed by atoms with Crippen LogP contribution >= 0.6 is 0 Å². The molecule has 0 fully saturated rings. The van der Waals surface area contributed by atoms with E-state index in [-0.39, 0.29) is 0 Å². The molecule has 0 aliphatic rings. The quantitative estimate of drug-likeness (QED) is 0.723. The molecular weight excluding hydrogens is 301 g/mol. The zero-order valence-electron chi connectivity index (χ0n) is 7.55. The molecular formula is C5HF11O2. The fraction of sp³-hybridized carbons (Fsp3) is 1.00. The minimum absolute atomic E-state index is 1.22. The Kier molecular flexibility index (Phi) is 4.46. The van der Waals surface area contributed by atoms with Crippen molar-refractivity contribution < 1.29 is 58.1 Å². The van der Waals surface area contributed by atoms with Gasteiger partial charge in [0.15, 0.2) is 0 Å². The van der Waals surface area contributed by atoms with Crippen LogP contribution in [0.25, 0.3) is 0 Å². The van der Waals surface area contributed by atoms with E-state index >= 15 is 0 Å². The summed E-state index contributed by atoms with van der Waals surface area (Å²) in [5.41, 5.74) is 0. The molecule has 2 nitrogen and oxygen atoms in total. The lowest BCUT2D eigenvalue weighted by Gasteiger charge is -2.33. The second-order valence-corrected chi connectivity index (χ2v) is 2.65. The Morgan fingerprint density at radius 2 is 1.17 bits per heavy atom. The van der Waals surface area contributed by atoms with Gasteiger partial charge in [0.1, 0.15) is 0 Å². The van der Waals surface area contributed by atoms with Gasteiger partial charge >= 0.3 is 30.7 Å². The lowest BCUT2D eigenvalue weighted by molar-refractivity contribution is -0.534. The van der Waals surface area contributed by atoms with Gasteiger partial charge in [-0.05, 0) is 4.53 Å². The summed E-state index contributed by atoms with van der Waals surface area (Å²) in [6, 6.07) is 0. The van der Waals surface area contributed by atoms with Crippen molar-refractivity contribution in [3.8, 4) is 0 Å². The molecule has 0 bridgehead atoms.